The van der Waals surface area contributed by atoms with Gasteiger partial charge in [0.15, 0.2) is 16.7 Å². The fourth-order valence-corrected chi connectivity index (χ4v) is 3.27. The van der Waals surface area contributed by atoms with E-state index in [9.17, 15) is 0 Å². The molecule has 0 bridgehead atoms. The third-order valence-corrected chi connectivity index (χ3v) is 4.52. The number of nitrogens with zero attached hydrogens (tertiary/aromatic N) is 2. The second kappa shape index (κ2) is 4.85. The minimum Gasteiger partial charge on any atom is -0.454 e. The van der Waals surface area contributed by atoms with E-state index in [0.29, 0.717) is 6.79 Å². The number of aryl methyl sites for hydroxylation is 1. The van der Waals surface area contributed by atoms with Gasteiger partial charge in [-0.25, -0.2) is 4.98 Å². The topological polar surface area (TPSA) is 36.3 Å². The lowest BCUT2D eigenvalue weighted by Gasteiger charge is -2.06. The Balaban J connectivity index is 1.79. The Bertz CT molecular complexity index is 585. The lowest BCUT2D eigenvalue weighted by atomic mass is 10.2. The van der Waals surface area contributed by atoms with E-state index in [2.05, 4.69) is 20.9 Å². The van der Waals surface area contributed by atoms with Crippen molar-refractivity contribution in [1.29, 1.82) is 0 Å². The number of ether oxygens (including phenoxy) is 2. The van der Waals surface area contributed by atoms with Gasteiger partial charge in [0.25, 0.3) is 0 Å². The largest absolute Gasteiger partial charge is 0.454 e. The van der Waals surface area contributed by atoms with Crippen molar-refractivity contribution in [2.75, 3.05) is 6.79 Å². The van der Waals surface area contributed by atoms with Crippen LogP contribution in [0.5, 0.6) is 11.5 Å². The van der Waals surface area contributed by atoms with Crippen LogP contribution in [0.15, 0.2) is 34.2 Å². The van der Waals surface area contributed by atoms with Crippen LogP contribution >= 0.6 is 27.7 Å². The number of benzene rings is 1. The first-order valence-electron chi connectivity index (χ1n) is 5.42. The molecule has 6 heteroatoms. The molecule has 1 aromatic carbocycles. The van der Waals surface area contributed by atoms with E-state index in [4.69, 9.17) is 9.47 Å². The molecule has 0 amide bonds. The molecule has 2 aromatic rings. The molecular weight excluding hydrogens is 316 g/mol. The van der Waals surface area contributed by atoms with Crippen LogP contribution in [-0.2, 0) is 12.8 Å². The van der Waals surface area contributed by atoms with Crippen molar-refractivity contribution < 1.29 is 9.47 Å². The van der Waals surface area contributed by atoms with Gasteiger partial charge in [0, 0.05) is 29.7 Å². The quantitative estimate of drug-likeness (QED) is 0.811. The van der Waals surface area contributed by atoms with Gasteiger partial charge in [-0.05, 0) is 17.7 Å². The van der Waals surface area contributed by atoms with E-state index >= 15 is 0 Å². The normalized spacial score (nSPS) is 13.0. The number of hydrogen-bond donors (Lipinski definition) is 0. The molecule has 0 aliphatic carbocycles. The van der Waals surface area contributed by atoms with E-state index in [0.717, 1.165) is 26.9 Å². The van der Waals surface area contributed by atoms with Crippen molar-refractivity contribution in [2.45, 2.75) is 10.9 Å². The molecule has 0 saturated carbocycles. The van der Waals surface area contributed by atoms with Gasteiger partial charge in [0.05, 0.1) is 0 Å². The highest BCUT2D eigenvalue weighted by atomic mass is 79.9. The van der Waals surface area contributed by atoms with E-state index in [1.807, 2.05) is 29.9 Å². The number of fused-ring (bicyclic) bond motifs is 1. The van der Waals surface area contributed by atoms with E-state index in [-0.39, 0.29) is 0 Å². The molecule has 0 atom stereocenters. The highest BCUT2D eigenvalue weighted by molar-refractivity contribution is 9.10. The highest BCUT2D eigenvalue weighted by Crippen LogP contribution is 2.38. The first-order chi connectivity index (χ1) is 8.74. The predicted octanol–water partition coefficient (Wildman–Crippen LogP) is 3.20. The molecule has 0 fully saturated rings. The first kappa shape index (κ1) is 11.9. The maximum Gasteiger partial charge on any atom is 0.231 e. The Kier molecular flexibility index (Phi) is 3.22. The zero-order chi connectivity index (χ0) is 12.5. The first-order valence-corrected chi connectivity index (χ1v) is 7.20. The molecule has 1 aromatic heterocycles. The van der Waals surface area contributed by atoms with Crippen LogP contribution in [0.1, 0.15) is 5.56 Å². The average molecular weight is 327 g/mol. The minimum absolute atomic E-state index is 0.303. The molecule has 4 nitrogen and oxygen atoms in total. The number of aromatic nitrogens is 2. The van der Waals surface area contributed by atoms with Crippen LogP contribution in [0.3, 0.4) is 0 Å². The Hall–Kier alpha value is -1.14. The third kappa shape index (κ3) is 2.22. The van der Waals surface area contributed by atoms with Crippen molar-refractivity contribution in [1.82, 2.24) is 9.55 Å². The van der Waals surface area contributed by atoms with E-state index in [1.165, 1.54) is 5.56 Å². The maximum absolute atomic E-state index is 5.38. The molecule has 0 saturated heterocycles. The molecule has 3 rings (SSSR count). The molecule has 0 unspecified atom stereocenters. The molecular formula is C12H11BrN2O2S. The Labute approximate surface area is 117 Å². The summed E-state index contributed by atoms with van der Waals surface area (Å²) < 4.78 is 13.8. The summed E-state index contributed by atoms with van der Waals surface area (Å²) in [6.07, 6.45) is 3.74. The second-order valence-electron chi connectivity index (χ2n) is 3.91. The van der Waals surface area contributed by atoms with Gasteiger partial charge in [0.2, 0.25) is 6.79 Å². The van der Waals surface area contributed by atoms with Gasteiger partial charge in [-0.15, -0.1) is 0 Å². The maximum atomic E-state index is 5.38. The van der Waals surface area contributed by atoms with Crippen molar-refractivity contribution in [3.63, 3.8) is 0 Å². The number of imidazole rings is 1. The number of halogens is 1. The molecule has 1 aliphatic rings. The molecule has 18 heavy (non-hydrogen) atoms. The molecule has 0 radical (unpaired) electrons. The monoisotopic (exact) mass is 326 g/mol. The van der Waals surface area contributed by atoms with Gasteiger partial charge >= 0.3 is 0 Å². The highest BCUT2D eigenvalue weighted by Gasteiger charge is 2.16. The fraction of sp³-hybridized carbons (Fsp3) is 0.250. The number of thioether (sulfide) groups is 1. The van der Waals surface area contributed by atoms with Gasteiger partial charge in [0.1, 0.15) is 0 Å². The fourth-order valence-electron chi connectivity index (χ4n) is 1.70. The molecule has 0 N–H and O–H groups in total. The lowest BCUT2D eigenvalue weighted by Crippen LogP contribution is -1.93. The van der Waals surface area contributed by atoms with Crippen LogP contribution in [-0.4, -0.2) is 16.3 Å². The molecule has 0 spiro atoms. The van der Waals surface area contributed by atoms with Gasteiger partial charge in [-0.3, -0.25) is 0 Å². The average Bonchev–Trinajstić information content (AvgIpc) is 2.95. The third-order valence-electron chi connectivity index (χ3n) is 2.68. The lowest BCUT2D eigenvalue weighted by molar-refractivity contribution is 0.174. The van der Waals surface area contributed by atoms with Crippen LogP contribution < -0.4 is 9.47 Å². The SMILES string of the molecule is Cn1ccnc1SCc1cc2c(cc1Br)OCO2. The van der Waals surface area contributed by atoms with Crippen LogP contribution in [0.4, 0.5) is 0 Å². The molecule has 94 valence electrons. The zero-order valence-electron chi connectivity index (χ0n) is 9.72. The Morgan fingerprint density at radius 1 is 1.39 bits per heavy atom. The van der Waals surface area contributed by atoms with Crippen LogP contribution in [0.2, 0.25) is 0 Å². The van der Waals surface area contributed by atoms with Crippen molar-refractivity contribution >= 4 is 27.7 Å². The van der Waals surface area contributed by atoms with Crippen LogP contribution in [0.25, 0.3) is 0 Å². The summed E-state index contributed by atoms with van der Waals surface area (Å²) in [4.78, 5) is 4.29. The summed E-state index contributed by atoms with van der Waals surface area (Å²) in [5.74, 6) is 2.45. The standard InChI is InChI=1S/C12H11BrN2O2S/c1-15-3-2-14-12(15)18-6-8-4-10-11(5-9(8)13)17-7-16-10/h2-5H,6-7H2,1H3. The van der Waals surface area contributed by atoms with Crippen molar-refractivity contribution in [3.05, 3.63) is 34.6 Å². The van der Waals surface area contributed by atoms with Crippen molar-refractivity contribution in [2.24, 2.45) is 7.05 Å². The zero-order valence-corrected chi connectivity index (χ0v) is 12.1. The number of rotatable bonds is 3. The van der Waals surface area contributed by atoms with Crippen molar-refractivity contribution in [3.8, 4) is 11.5 Å². The van der Waals surface area contributed by atoms with Crippen LogP contribution in [0, 0.1) is 0 Å². The summed E-state index contributed by atoms with van der Waals surface area (Å²) in [5, 5.41) is 1.000. The second-order valence-corrected chi connectivity index (χ2v) is 5.70. The van der Waals surface area contributed by atoms with Gasteiger partial charge in [-0.2, -0.15) is 0 Å². The summed E-state index contributed by atoms with van der Waals surface area (Å²) in [7, 11) is 1.99. The van der Waals surface area contributed by atoms with E-state index in [1.54, 1.807) is 18.0 Å². The van der Waals surface area contributed by atoms with Gasteiger partial charge < -0.3 is 14.0 Å². The Morgan fingerprint density at radius 3 is 2.89 bits per heavy atom. The number of hydrogen-bond acceptors (Lipinski definition) is 4. The summed E-state index contributed by atoms with van der Waals surface area (Å²) in [5.41, 5.74) is 1.17. The summed E-state index contributed by atoms with van der Waals surface area (Å²) >= 11 is 5.25. The minimum atomic E-state index is 0.303. The smallest absolute Gasteiger partial charge is 0.231 e. The van der Waals surface area contributed by atoms with E-state index < -0.39 is 0 Å². The predicted molar refractivity (Wildman–Crippen MR) is 73.0 cm³/mol. The summed E-state index contributed by atoms with van der Waals surface area (Å²) in [6.45, 7) is 0.303. The summed E-state index contributed by atoms with van der Waals surface area (Å²) in [6, 6.07) is 3.97. The van der Waals surface area contributed by atoms with Gasteiger partial charge in [-0.1, -0.05) is 27.7 Å². The molecule has 2 heterocycles. The Morgan fingerprint density at radius 2 is 2.17 bits per heavy atom. The molecule has 1 aliphatic heterocycles.